The number of urea groups is 1. The lowest BCUT2D eigenvalue weighted by Crippen LogP contribution is -2.53. The van der Waals surface area contributed by atoms with Gasteiger partial charge in [-0.2, -0.15) is 0 Å². The fraction of sp³-hybridized carbons (Fsp3) is 0.938. The van der Waals surface area contributed by atoms with E-state index in [9.17, 15) is 13.6 Å². The highest BCUT2D eigenvalue weighted by atomic mass is 19.3. The summed E-state index contributed by atoms with van der Waals surface area (Å²) in [4.78, 5) is 18.2. The second-order valence-corrected chi connectivity index (χ2v) is 6.73. The lowest BCUT2D eigenvalue weighted by molar-refractivity contribution is -0.0177. The first-order valence-corrected chi connectivity index (χ1v) is 8.84. The Balaban J connectivity index is 1.73. The van der Waals surface area contributed by atoms with Gasteiger partial charge in [0.2, 0.25) is 0 Å². The minimum Gasteiger partial charge on any atom is -0.379 e. The number of halogens is 2. The van der Waals surface area contributed by atoms with Gasteiger partial charge in [0.05, 0.1) is 19.8 Å². The van der Waals surface area contributed by atoms with Gasteiger partial charge in [-0.05, 0) is 20.3 Å². The average Bonchev–Trinajstić information content (AvgIpc) is 2.78. The van der Waals surface area contributed by atoms with Crippen LogP contribution in [0, 0.1) is 0 Å². The summed E-state index contributed by atoms with van der Waals surface area (Å²) in [6, 6.07) is 0.503. The van der Waals surface area contributed by atoms with E-state index in [-0.39, 0.29) is 18.6 Å². The van der Waals surface area contributed by atoms with Crippen molar-refractivity contribution in [2.24, 2.45) is 0 Å². The number of carbonyl (C=O) groups excluding carboxylic acids is 1. The molecule has 2 aliphatic heterocycles. The summed E-state index contributed by atoms with van der Waals surface area (Å²) < 4.78 is 30.4. The summed E-state index contributed by atoms with van der Waals surface area (Å²) in [7, 11) is 0. The quantitative estimate of drug-likeness (QED) is 0.808. The Morgan fingerprint density at radius 3 is 2.75 bits per heavy atom. The van der Waals surface area contributed by atoms with E-state index in [4.69, 9.17) is 4.74 Å². The minimum atomic E-state index is -2.32. The zero-order valence-electron chi connectivity index (χ0n) is 14.7. The molecule has 2 saturated heterocycles. The number of nitrogens with one attached hydrogen (secondary N) is 1. The van der Waals surface area contributed by atoms with Gasteiger partial charge in [-0.15, -0.1) is 0 Å². The molecule has 0 spiro atoms. The van der Waals surface area contributed by atoms with Crippen LogP contribution >= 0.6 is 0 Å². The maximum Gasteiger partial charge on any atom is 0.317 e. The molecule has 2 fully saturated rings. The number of carbonyl (C=O) groups is 1. The maximum absolute atomic E-state index is 12.5. The summed E-state index contributed by atoms with van der Waals surface area (Å²) >= 11 is 0. The zero-order valence-corrected chi connectivity index (χ0v) is 14.7. The number of hydrogen-bond donors (Lipinski definition) is 1. The molecule has 2 aliphatic rings. The molecule has 8 heteroatoms. The summed E-state index contributed by atoms with van der Waals surface area (Å²) in [5, 5.41) is 2.99. The number of hydrogen-bond acceptors (Lipinski definition) is 4. The summed E-state index contributed by atoms with van der Waals surface area (Å²) in [5.74, 6) is 0. The molecule has 2 heterocycles. The minimum absolute atomic E-state index is 0.0957. The molecule has 0 aromatic heterocycles. The van der Waals surface area contributed by atoms with Crippen LogP contribution in [0.3, 0.4) is 0 Å². The third-order valence-corrected chi connectivity index (χ3v) is 4.81. The summed E-state index contributed by atoms with van der Waals surface area (Å²) in [6.45, 7) is 9.20. The SMILES string of the molecule is CC(CNC(=O)N1CCCN(CC(F)F)CC1)N1CCOCC1C. The Morgan fingerprint density at radius 2 is 2.04 bits per heavy atom. The predicted octanol–water partition coefficient (Wildman–Crippen LogP) is 1.08. The van der Waals surface area contributed by atoms with Gasteiger partial charge in [-0.25, -0.2) is 13.6 Å². The van der Waals surface area contributed by atoms with Crippen LogP contribution < -0.4 is 5.32 Å². The average molecular weight is 348 g/mol. The monoisotopic (exact) mass is 348 g/mol. The van der Waals surface area contributed by atoms with E-state index < -0.39 is 6.43 Å². The van der Waals surface area contributed by atoms with Gasteiger partial charge in [0.1, 0.15) is 0 Å². The van der Waals surface area contributed by atoms with Crippen molar-refractivity contribution >= 4 is 6.03 Å². The fourth-order valence-electron chi connectivity index (χ4n) is 3.41. The number of rotatable bonds is 5. The highest BCUT2D eigenvalue weighted by molar-refractivity contribution is 5.74. The van der Waals surface area contributed by atoms with E-state index in [1.807, 2.05) is 0 Å². The summed E-state index contributed by atoms with van der Waals surface area (Å²) in [5.41, 5.74) is 0. The van der Waals surface area contributed by atoms with Crippen LogP contribution in [0.4, 0.5) is 13.6 Å². The Labute approximate surface area is 143 Å². The zero-order chi connectivity index (χ0) is 17.5. The molecule has 1 N–H and O–H groups in total. The number of amides is 2. The molecular weight excluding hydrogens is 318 g/mol. The highest BCUT2D eigenvalue weighted by Crippen LogP contribution is 2.10. The van der Waals surface area contributed by atoms with Crippen molar-refractivity contribution in [1.82, 2.24) is 20.0 Å². The number of ether oxygens (including phenoxy) is 1. The van der Waals surface area contributed by atoms with E-state index in [1.165, 1.54) is 0 Å². The third-order valence-electron chi connectivity index (χ3n) is 4.81. The smallest absolute Gasteiger partial charge is 0.317 e. The second-order valence-electron chi connectivity index (χ2n) is 6.73. The van der Waals surface area contributed by atoms with Gasteiger partial charge < -0.3 is 15.0 Å². The topological polar surface area (TPSA) is 48.1 Å². The highest BCUT2D eigenvalue weighted by Gasteiger charge is 2.25. The first-order valence-electron chi connectivity index (χ1n) is 8.84. The van der Waals surface area contributed by atoms with Crippen LogP contribution in [0.1, 0.15) is 20.3 Å². The van der Waals surface area contributed by atoms with Gasteiger partial charge in [0, 0.05) is 51.4 Å². The molecule has 24 heavy (non-hydrogen) atoms. The predicted molar refractivity (Wildman–Crippen MR) is 88.5 cm³/mol. The molecule has 2 rings (SSSR count). The van der Waals surface area contributed by atoms with Gasteiger partial charge in [0.25, 0.3) is 6.43 Å². The van der Waals surface area contributed by atoms with Crippen molar-refractivity contribution < 1.29 is 18.3 Å². The van der Waals surface area contributed by atoms with Crippen molar-refractivity contribution in [2.45, 2.75) is 38.8 Å². The van der Waals surface area contributed by atoms with Crippen LogP contribution in [0.2, 0.25) is 0 Å². The Hall–Kier alpha value is -0.990. The van der Waals surface area contributed by atoms with E-state index in [0.29, 0.717) is 38.8 Å². The molecule has 0 saturated carbocycles. The van der Waals surface area contributed by atoms with E-state index in [1.54, 1.807) is 9.80 Å². The molecule has 0 aromatic carbocycles. The first-order chi connectivity index (χ1) is 11.5. The molecule has 2 atom stereocenters. The van der Waals surface area contributed by atoms with E-state index in [0.717, 1.165) is 26.2 Å². The van der Waals surface area contributed by atoms with Crippen molar-refractivity contribution in [3.63, 3.8) is 0 Å². The molecule has 140 valence electrons. The number of nitrogens with zero attached hydrogens (tertiary/aromatic N) is 3. The lowest BCUT2D eigenvalue weighted by Gasteiger charge is -2.38. The van der Waals surface area contributed by atoms with Crippen LogP contribution in [-0.4, -0.2) is 98.3 Å². The second kappa shape index (κ2) is 9.48. The fourth-order valence-corrected chi connectivity index (χ4v) is 3.41. The molecule has 6 nitrogen and oxygen atoms in total. The summed E-state index contributed by atoms with van der Waals surface area (Å²) in [6.07, 6.45) is -1.59. The van der Waals surface area contributed by atoms with Gasteiger partial charge in [0.15, 0.2) is 0 Å². The maximum atomic E-state index is 12.5. The van der Waals surface area contributed by atoms with Crippen LogP contribution in [0.5, 0.6) is 0 Å². The van der Waals surface area contributed by atoms with Crippen molar-refractivity contribution in [3.8, 4) is 0 Å². The lowest BCUT2D eigenvalue weighted by atomic mass is 10.2. The molecule has 2 amide bonds. The Bertz CT molecular complexity index is 400. The van der Waals surface area contributed by atoms with Gasteiger partial charge >= 0.3 is 6.03 Å². The molecule has 0 aliphatic carbocycles. The van der Waals surface area contributed by atoms with Crippen LogP contribution in [0.25, 0.3) is 0 Å². The largest absolute Gasteiger partial charge is 0.379 e. The van der Waals surface area contributed by atoms with Gasteiger partial charge in [-0.3, -0.25) is 9.80 Å². The standard InChI is InChI=1S/C16H30F2N4O2/c1-13(22-8-9-24-12-14(22)2)10-19-16(23)21-5-3-4-20(6-7-21)11-15(17)18/h13-15H,3-12H2,1-2H3,(H,19,23). The molecule has 0 aromatic rings. The first kappa shape index (κ1) is 19.3. The Morgan fingerprint density at radius 1 is 1.25 bits per heavy atom. The molecule has 2 unspecified atom stereocenters. The number of alkyl halides is 2. The van der Waals surface area contributed by atoms with Crippen LogP contribution in [-0.2, 0) is 4.74 Å². The van der Waals surface area contributed by atoms with Crippen molar-refractivity contribution in [1.29, 1.82) is 0 Å². The van der Waals surface area contributed by atoms with Gasteiger partial charge in [-0.1, -0.05) is 0 Å². The van der Waals surface area contributed by atoms with E-state index in [2.05, 4.69) is 24.1 Å². The molecule has 0 radical (unpaired) electrons. The molecular formula is C16H30F2N4O2. The van der Waals surface area contributed by atoms with Crippen molar-refractivity contribution in [3.05, 3.63) is 0 Å². The Kier molecular flexibility index (Phi) is 7.64. The number of morpholine rings is 1. The normalized spacial score (nSPS) is 25.5. The van der Waals surface area contributed by atoms with E-state index >= 15 is 0 Å². The van der Waals surface area contributed by atoms with Crippen molar-refractivity contribution in [2.75, 3.05) is 59.0 Å². The van der Waals surface area contributed by atoms with Crippen LogP contribution in [0.15, 0.2) is 0 Å². The third kappa shape index (κ3) is 5.82. The molecule has 0 bridgehead atoms.